The fourth-order valence-corrected chi connectivity index (χ4v) is 4.63. The number of fused-ring (bicyclic) bond motifs is 1. The predicted molar refractivity (Wildman–Crippen MR) is 127 cm³/mol. The number of aromatic nitrogens is 2. The van der Waals surface area contributed by atoms with Gasteiger partial charge in [-0.2, -0.15) is 0 Å². The van der Waals surface area contributed by atoms with E-state index in [1.165, 1.54) is 0 Å². The summed E-state index contributed by atoms with van der Waals surface area (Å²) in [5.74, 6) is -0.795. The Morgan fingerprint density at radius 1 is 1.00 bits per heavy atom. The predicted octanol–water partition coefficient (Wildman–Crippen LogP) is 4.92. The second-order valence-electron chi connectivity index (χ2n) is 7.56. The molecule has 0 radical (unpaired) electrons. The van der Waals surface area contributed by atoms with Crippen molar-refractivity contribution in [3.63, 3.8) is 0 Å². The van der Waals surface area contributed by atoms with Gasteiger partial charge in [-0.3, -0.25) is 9.78 Å². The minimum absolute atomic E-state index is 0.00620. The molecule has 8 heteroatoms. The molecule has 2 aromatic carbocycles. The highest BCUT2D eigenvalue weighted by atomic mass is 35.5. The largest absolute Gasteiger partial charge is 0.283 e. The molecule has 0 aliphatic rings. The van der Waals surface area contributed by atoms with Gasteiger partial charge in [0.05, 0.1) is 11.8 Å². The molecule has 0 bridgehead atoms. The molecular weight excluding hydrogens is 446 g/mol. The van der Waals surface area contributed by atoms with E-state index in [1.54, 1.807) is 24.5 Å². The number of pyridine rings is 2. The van der Waals surface area contributed by atoms with Crippen LogP contribution in [0.3, 0.4) is 0 Å². The van der Waals surface area contributed by atoms with Gasteiger partial charge in [0, 0.05) is 28.4 Å². The number of aryl methyl sites for hydroxylation is 2. The summed E-state index contributed by atoms with van der Waals surface area (Å²) in [6.45, 7) is 3.98. The van der Waals surface area contributed by atoms with E-state index >= 15 is 0 Å². The molecule has 4 aromatic rings. The molecule has 1 N–H and O–H groups in total. The van der Waals surface area contributed by atoms with Crippen molar-refractivity contribution >= 4 is 38.4 Å². The van der Waals surface area contributed by atoms with E-state index in [4.69, 9.17) is 11.6 Å². The molecule has 0 spiro atoms. The molecule has 0 saturated carbocycles. The molecule has 0 atom stereocenters. The number of nitrogens with zero attached hydrogens (tertiary/aromatic N) is 2. The van der Waals surface area contributed by atoms with Gasteiger partial charge in [0.25, 0.3) is 5.91 Å². The van der Waals surface area contributed by atoms with Crippen molar-refractivity contribution in [1.82, 2.24) is 14.7 Å². The molecule has 0 unspecified atom stereocenters. The second kappa shape index (κ2) is 8.33. The number of carbonyl (C=O) groups excluding carboxylic acids is 1. The first-order valence-electron chi connectivity index (χ1n) is 9.78. The monoisotopic (exact) mass is 465 g/mol. The molecule has 162 valence electrons. The Kier molecular flexibility index (Phi) is 5.71. The summed E-state index contributed by atoms with van der Waals surface area (Å²) in [6, 6.07) is 14.7. The van der Waals surface area contributed by atoms with Crippen molar-refractivity contribution < 1.29 is 13.2 Å². The molecule has 1 amide bonds. The third-order valence-electron chi connectivity index (χ3n) is 5.19. The van der Waals surface area contributed by atoms with Gasteiger partial charge in [-0.15, -0.1) is 0 Å². The van der Waals surface area contributed by atoms with Gasteiger partial charge >= 0.3 is 0 Å². The summed E-state index contributed by atoms with van der Waals surface area (Å²) in [4.78, 5) is 21.2. The average molecular weight is 466 g/mol. The van der Waals surface area contributed by atoms with Crippen molar-refractivity contribution in [3.05, 3.63) is 82.8 Å². The smallest absolute Gasteiger partial charge is 0.266 e. The first-order chi connectivity index (χ1) is 15.2. The van der Waals surface area contributed by atoms with Crippen LogP contribution in [-0.4, -0.2) is 30.5 Å². The Morgan fingerprint density at radius 3 is 2.34 bits per heavy atom. The lowest BCUT2D eigenvalue weighted by Crippen LogP contribution is -2.30. The number of hydrogen-bond donors (Lipinski definition) is 1. The first-order valence-corrected chi connectivity index (χ1v) is 12.0. The van der Waals surface area contributed by atoms with Crippen LogP contribution in [0.4, 0.5) is 0 Å². The minimum Gasteiger partial charge on any atom is -0.266 e. The molecule has 0 fully saturated rings. The van der Waals surface area contributed by atoms with Gasteiger partial charge in [0.1, 0.15) is 5.69 Å². The highest BCUT2D eigenvalue weighted by Gasteiger charge is 2.20. The zero-order valence-electron chi connectivity index (χ0n) is 17.7. The maximum atomic E-state index is 12.6. The van der Waals surface area contributed by atoms with E-state index in [0.717, 1.165) is 39.5 Å². The quantitative estimate of drug-likeness (QED) is 0.462. The van der Waals surface area contributed by atoms with Crippen LogP contribution < -0.4 is 4.72 Å². The lowest BCUT2D eigenvalue weighted by Gasteiger charge is -2.18. The Morgan fingerprint density at radius 2 is 1.69 bits per heavy atom. The molecule has 4 rings (SSSR count). The topological polar surface area (TPSA) is 89.0 Å². The number of benzene rings is 2. The number of amides is 1. The number of nitrogens with one attached hydrogen (secondary N) is 1. The fraction of sp³-hybridized carbons (Fsp3) is 0.125. The van der Waals surface area contributed by atoms with Crippen LogP contribution in [-0.2, 0) is 10.0 Å². The van der Waals surface area contributed by atoms with E-state index in [0.29, 0.717) is 16.1 Å². The standard InChI is InChI=1S/C24H20ClN3O3S/c1-14-12-20-23(15(2)22(14)16-8-10-26-11-9-16)18(17-6-4-5-7-19(17)25)13-21(27-20)24(29)28-32(3,30)31/h4-13H,1-3H3,(H,28,29). The lowest BCUT2D eigenvalue weighted by molar-refractivity contribution is 0.0977. The summed E-state index contributed by atoms with van der Waals surface area (Å²) < 4.78 is 25.2. The SMILES string of the molecule is Cc1cc2nc(C(=O)NS(C)(=O)=O)cc(-c3ccccc3Cl)c2c(C)c1-c1ccncc1. The Balaban J connectivity index is 2.08. The molecule has 0 aliphatic heterocycles. The first kappa shape index (κ1) is 21.9. The Hall–Kier alpha value is -3.29. The van der Waals surface area contributed by atoms with Gasteiger partial charge in [0.2, 0.25) is 10.0 Å². The van der Waals surface area contributed by atoms with Gasteiger partial charge in [-0.1, -0.05) is 29.8 Å². The van der Waals surface area contributed by atoms with Crippen LogP contribution in [0.1, 0.15) is 21.6 Å². The van der Waals surface area contributed by atoms with Crippen LogP contribution in [0.5, 0.6) is 0 Å². The average Bonchev–Trinajstić information content (AvgIpc) is 2.73. The normalized spacial score (nSPS) is 11.5. The van der Waals surface area contributed by atoms with E-state index in [2.05, 4.69) is 9.97 Å². The fourth-order valence-electron chi connectivity index (χ4n) is 3.95. The number of rotatable bonds is 4. The number of halogens is 1. The molecule has 6 nitrogen and oxygen atoms in total. The Bertz CT molecular complexity index is 1470. The second-order valence-corrected chi connectivity index (χ2v) is 9.72. The molecular formula is C24H20ClN3O3S. The number of hydrogen-bond acceptors (Lipinski definition) is 5. The zero-order chi connectivity index (χ0) is 23.0. The van der Waals surface area contributed by atoms with Crippen molar-refractivity contribution in [2.45, 2.75) is 13.8 Å². The van der Waals surface area contributed by atoms with Gasteiger partial charge < -0.3 is 0 Å². The number of carbonyl (C=O) groups is 1. The van der Waals surface area contributed by atoms with Crippen LogP contribution >= 0.6 is 11.6 Å². The summed E-state index contributed by atoms with van der Waals surface area (Å²) >= 11 is 6.51. The van der Waals surface area contributed by atoms with Crippen molar-refractivity contribution in [3.8, 4) is 22.3 Å². The van der Waals surface area contributed by atoms with Crippen LogP contribution in [0.25, 0.3) is 33.2 Å². The maximum Gasteiger partial charge on any atom is 0.283 e. The molecule has 2 heterocycles. The van der Waals surface area contributed by atoms with Crippen molar-refractivity contribution in [2.75, 3.05) is 6.26 Å². The summed E-state index contributed by atoms with van der Waals surface area (Å²) in [7, 11) is -3.74. The van der Waals surface area contributed by atoms with Gasteiger partial charge in [-0.05, 0) is 72.0 Å². The van der Waals surface area contributed by atoms with Crippen molar-refractivity contribution in [2.24, 2.45) is 0 Å². The molecule has 2 aromatic heterocycles. The zero-order valence-corrected chi connectivity index (χ0v) is 19.3. The van der Waals surface area contributed by atoms with Gasteiger partial charge in [0.15, 0.2) is 0 Å². The highest BCUT2D eigenvalue weighted by Crippen LogP contribution is 2.39. The van der Waals surface area contributed by atoms with E-state index in [-0.39, 0.29) is 5.69 Å². The van der Waals surface area contributed by atoms with Crippen LogP contribution in [0.15, 0.2) is 60.9 Å². The lowest BCUT2D eigenvalue weighted by atomic mass is 9.89. The third kappa shape index (κ3) is 4.22. The maximum absolute atomic E-state index is 12.6. The summed E-state index contributed by atoms with van der Waals surface area (Å²) in [5, 5.41) is 1.35. The third-order valence-corrected chi connectivity index (χ3v) is 6.07. The van der Waals surface area contributed by atoms with E-state index < -0.39 is 15.9 Å². The van der Waals surface area contributed by atoms with Gasteiger partial charge in [-0.25, -0.2) is 18.1 Å². The van der Waals surface area contributed by atoms with Crippen LogP contribution in [0.2, 0.25) is 5.02 Å². The van der Waals surface area contributed by atoms with E-state index in [9.17, 15) is 13.2 Å². The minimum atomic E-state index is -3.74. The number of sulfonamides is 1. The highest BCUT2D eigenvalue weighted by molar-refractivity contribution is 7.89. The van der Waals surface area contributed by atoms with Crippen LogP contribution in [0, 0.1) is 13.8 Å². The summed E-state index contributed by atoms with van der Waals surface area (Å²) in [5.41, 5.74) is 6.00. The van der Waals surface area contributed by atoms with Crippen molar-refractivity contribution in [1.29, 1.82) is 0 Å². The van der Waals surface area contributed by atoms with E-state index in [1.807, 2.05) is 55.0 Å². The molecule has 0 aliphatic carbocycles. The molecule has 0 saturated heterocycles. The Labute approximate surface area is 191 Å². The molecule has 32 heavy (non-hydrogen) atoms. The summed E-state index contributed by atoms with van der Waals surface area (Å²) in [6.07, 6.45) is 4.41.